The number of furan rings is 1. The van der Waals surface area contributed by atoms with E-state index in [0.29, 0.717) is 11.5 Å². The van der Waals surface area contributed by atoms with Gasteiger partial charge in [-0.1, -0.05) is 0 Å². The summed E-state index contributed by atoms with van der Waals surface area (Å²) in [6.07, 6.45) is 1.41. The molecule has 0 bridgehead atoms. The summed E-state index contributed by atoms with van der Waals surface area (Å²) < 4.78 is 4.91. The molecular weight excluding hydrogens is 258 g/mol. The third-order valence-electron chi connectivity index (χ3n) is 1.91. The zero-order valence-corrected chi connectivity index (χ0v) is 10.3. The summed E-state index contributed by atoms with van der Waals surface area (Å²) in [5.74, 6) is 0.325. The Bertz CT molecular complexity index is 509. The van der Waals surface area contributed by atoms with Gasteiger partial charge in [0.2, 0.25) is 5.95 Å². The number of hydrazine groups is 1. The van der Waals surface area contributed by atoms with Crippen molar-refractivity contribution in [3.05, 3.63) is 35.9 Å². The monoisotopic (exact) mass is 269 g/mol. The molecule has 8 heteroatoms. The van der Waals surface area contributed by atoms with Gasteiger partial charge in [-0.15, -0.1) is 12.4 Å². The molecule has 18 heavy (non-hydrogen) atoms. The number of aromatic nitrogens is 2. The lowest BCUT2D eigenvalue weighted by molar-refractivity contribution is 0.0935. The van der Waals surface area contributed by atoms with Crippen LogP contribution in [0.2, 0.25) is 0 Å². The molecule has 2 heterocycles. The van der Waals surface area contributed by atoms with Crippen LogP contribution in [0, 0.1) is 6.92 Å². The summed E-state index contributed by atoms with van der Waals surface area (Å²) in [7, 11) is 0. The summed E-state index contributed by atoms with van der Waals surface area (Å²) in [5, 5.41) is 0. The lowest BCUT2D eigenvalue weighted by atomic mass is 10.4. The zero-order valence-electron chi connectivity index (χ0n) is 9.51. The second kappa shape index (κ2) is 5.87. The van der Waals surface area contributed by atoms with Gasteiger partial charge in [-0.05, 0) is 19.1 Å². The number of nitrogens with two attached hydrogens (primary N) is 1. The first-order valence-corrected chi connectivity index (χ1v) is 4.86. The fraction of sp³-hybridized carbons (Fsp3) is 0.100. The molecule has 0 spiro atoms. The molecule has 96 valence electrons. The molecule has 0 saturated heterocycles. The molecule has 0 aromatic carbocycles. The van der Waals surface area contributed by atoms with Gasteiger partial charge in [0, 0.05) is 11.8 Å². The number of aryl methyl sites for hydroxylation is 1. The van der Waals surface area contributed by atoms with Crippen LogP contribution >= 0.6 is 12.4 Å². The van der Waals surface area contributed by atoms with Crippen LogP contribution in [-0.4, -0.2) is 15.9 Å². The first-order valence-electron chi connectivity index (χ1n) is 4.86. The van der Waals surface area contributed by atoms with Crippen LogP contribution in [0.3, 0.4) is 0 Å². The van der Waals surface area contributed by atoms with Crippen molar-refractivity contribution in [2.45, 2.75) is 6.92 Å². The number of nitrogens with one attached hydrogen (secondary N) is 2. The van der Waals surface area contributed by atoms with Gasteiger partial charge in [0.15, 0.2) is 5.76 Å². The number of hydrogen-bond acceptors (Lipinski definition) is 6. The maximum atomic E-state index is 11.5. The molecule has 0 aliphatic carbocycles. The van der Waals surface area contributed by atoms with Crippen molar-refractivity contribution in [1.29, 1.82) is 0 Å². The third kappa shape index (κ3) is 3.36. The number of amides is 1. The van der Waals surface area contributed by atoms with E-state index in [1.807, 2.05) is 0 Å². The minimum absolute atomic E-state index is 0. The standard InChI is InChI=1S/C10H11N5O2.ClH/c1-6-5-8(11)13-10(12-6)15-14-9(16)7-3-2-4-17-7;/h2-5H,1H3,(H,14,16)(H3,11,12,13,15);1H. The number of carbonyl (C=O) groups is 1. The van der Waals surface area contributed by atoms with Gasteiger partial charge >= 0.3 is 5.91 Å². The zero-order chi connectivity index (χ0) is 12.3. The van der Waals surface area contributed by atoms with Crippen LogP contribution in [0.1, 0.15) is 16.2 Å². The summed E-state index contributed by atoms with van der Waals surface area (Å²) in [6.45, 7) is 1.78. The number of hydrogen-bond donors (Lipinski definition) is 3. The smallest absolute Gasteiger partial charge is 0.305 e. The Morgan fingerprint density at radius 1 is 1.44 bits per heavy atom. The molecule has 0 fully saturated rings. The Balaban J connectivity index is 0.00000162. The summed E-state index contributed by atoms with van der Waals surface area (Å²) in [6, 6.07) is 4.79. The molecule has 0 atom stereocenters. The molecule has 2 aromatic heterocycles. The van der Waals surface area contributed by atoms with Crippen LogP contribution in [0.4, 0.5) is 11.8 Å². The Kier molecular flexibility index (Phi) is 4.50. The molecule has 1 amide bonds. The van der Waals surface area contributed by atoms with Gasteiger partial charge in [-0.2, -0.15) is 4.98 Å². The van der Waals surface area contributed by atoms with Crippen LogP contribution in [-0.2, 0) is 0 Å². The van der Waals surface area contributed by atoms with Crippen molar-refractivity contribution >= 4 is 30.1 Å². The molecule has 0 saturated carbocycles. The minimum atomic E-state index is -0.418. The molecular formula is C10H12ClN5O2. The second-order valence-electron chi connectivity index (χ2n) is 3.31. The highest BCUT2D eigenvalue weighted by molar-refractivity contribution is 5.91. The van der Waals surface area contributed by atoms with E-state index in [0.717, 1.165) is 0 Å². The van der Waals surface area contributed by atoms with Gasteiger partial charge < -0.3 is 10.2 Å². The maximum absolute atomic E-state index is 11.5. The number of nitrogen functional groups attached to an aromatic ring is 1. The molecule has 0 radical (unpaired) electrons. The van der Waals surface area contributed by atoms with Crippen molar-refractivity contribution in [2.75, 3.05) is 11.2 Å². The molecule has 2 aromatic rings. The van der Waals surface area contributed by atoms with Gasteiger partial charge in [0.25, 0.3) is 0 Å². The van der Waals surface area contributed by atoms with E-state index in [-0.39, 0.29) is 24.1 Å². The first-order chi connectivity index (χ1) is 8.15. The van der Waals surface area contributed by atoms with Gasteiger partial charge in [-0.25, -0.2) is 4.98 Å². The van der Waals surface area contributed by atoms with Crippen molar-refractivity contribution in [3.8, 4) is 0 Å². The van der Waals surface area contributed by atoms with Gasteiger partial charge in [0.05, 0.1) is 6.26 Å². The van der Waals surface area contributed by atoms with E-state index in [2.05, 4.69) is 20.8 Å². The topological polar surface area (TPSA) is 106 Å². The quantitative estimate of drug-likeness (QED) is 0.722. The van der Waals surface area contributed by atoms with Crippen molar-refractivity contribution in [1.82, 2.24) is 15.4 Å². The SMILES string of the molecule is Cc1cc(N)nc(NNC(=O)c2ccco2)n1.Cl. The normalized spacial score (nSPS) is 9.39. The van der Waals surface area contributed by atoms with E-state index >= 15 is 0 Å². The summed E-state index contributed by atoms with van der Waals surface area (Å²) in [5.41, 5.74) is 11.2. The van der Waals surface area contributed by atoms with Crippen LogP contribution in [0.5, 0.6) is 0 Å². The van der Waals surface area contributed by atoms with Crippen molar-refractivity contribution in [3.63, 3.8) is 0 Å². The molecule has 2 rings (SSSR count). The lowest BCUT2D eigenvalue weighted by Crippen LogP contribution is -2.30. The Morgan fingerprint density at radius 3 is 2.83 bits per heavy atom. The average molecular weight is 270 g/mol. The van der Waals surface area contributed by atoms with E-state index in [1.54, 1.807) is 25.1 Å². The van der Waals surface area contributed by atoms with E-state index in [9.17, 15) is 4.79 Å². The predicted octanol–water partition coefficient (Wildman–Crippen LogP) is 1.14. The predicted molar refractivity (Wildman–Crippen MR) is 68.2 cm³/mol. The number of carbonyl (C=O) groups excluding carboxylic acids is 1. The maximum Gasteiger partial charge on any atom is 0.305 e. The van der Waals surface area contributed by atoms with Crippen LogP contribution in [0.15, 0.2) is 28.9 Å². The Labute approximate surface area is 109 Å². The van der Waals surface area contributed by atoms with E-state index in [4.69, 9.17) is 10.2 Å². The lowest BCUT2D eigenvalue weighted by Gasteiger charge is -2.06. The minimum Gasteiger partial charge on any atom is -0.459 e. The number of anilines is 2. The molecule has 4 N–H and O–H groups in total. The van der Waals surface area contributed by atoms with Crippen LogP contribution in [0.25, 0.3) is 0 Å². The van der Waals surface area contributed by atoms with Crippen molar-refractivity contribution in [2.24, 2.45) is 0 Å². The molecule has 0 unspecified atom stereocenters. The van der Waals surface area contributed by atoms with Gasteiger partial charge in [-0.3, -0.25) is 15.6 Å². The molecule has 0 aliphatic rings. The second-order valence-corrected chi connectivity index (χ2v) is 3.31. The fourth-order valence-electron chi connectivity index (χ4n) is 1.23. The Morgan fingerprint density at radius 2 is 2.22 bits per heavy atom. The number of rotatable bonds is 3. The summed E-state index contributed by atoms with van der Waals surface area (Å²) >= 11 is 0. The highest BCUT2D eigenvalue weighted by Gasteiger charge is 2.08. The number of halogens is 1. The first kappa shape index (κ1) is 13.8. The molecule has 7 nitrogen and oxygen atoms in total. The van der Waals surface area contributed by atoms with Gasteiger partial charge in [0.1, 0.15) is 5.82 Å². The molecule has 0 aliphatic heterocycles. The van der Waals surface area contributed by atoms with E-state index < -0.39 is 5.91 Å². The van der Waals surface area contributed by atoms with Crippen molar-refractivity contribution < 1.29 is 9.21 Å². The van der Waals surface area contributed by atoms with Crippen LogP contribution < -0.4 is 16.6 Å². The fourth-order valence-corrected chi connectivity index (χ4v) is 1.23. The third-order valence-corrected chi connectivity index (χ3v) is 1.91. The van der Waals surface area contributed by atoms with E-state index in [1.165, 1.54) is 6.26 Å². The highest BCUT2D eigenvalue weighted by atomic mass is 35.5. The average Bonchev–Trinajstić information content (AvgIpc) is 2.78. The largest absolute Gasteiger partial charge is 0.459 e. The summed E-state index contributed by atoms with van der Waals surface area (Å²) in [4.78, 5) is 19.4. The highest BCUT2D eigenvalue weighted by Crippen LogP contribution is 2.05. The number of nitrogens with zero attached hydrogens (tertiary/aromatic N) is 2. The Hall–Kier alpha value is -2.28.